The Morgan fingerprint density at radius 3 is 2.93 bits per heavy atom. The van der Waals surface area contributed by atoms with E-state index in [0.717, 1.165) is 13.0 Å². The van der Waals surface area contributed by atoms with Crippen molar-refractivity contribution in [1.82, 2.24) is 4.90 Å². The maximum absolute atomic E-state index is 3.39. The van der Waals surface area contributed by atoms with Crippen molar-refractivity contribution in [3.8, 4) is 0 Å². The van der Waals surface area contributed by atoms with Crippen LogP contribution < -0.4 is 5.32 Å². The lowest BCUT2D eigenvalue weighted by atomic mass is 10.0. The first kappa shape index (κ1) is 10.5. The zero-order valence-corrected chi connectivity index (χ0v) is 9.88. The number of likely N-dealkylation sites (N-methyl/N-ethyl adjacent to an activating group) is 1. The monoisotopic (exact) mass is 204 g/mol. The molecule has 1 atom stereocenters. The summed E-state index contributed by atoms with van der Waals surface area (Å²) in [6.07, 6.45) is 2.32. The van der Waals surface area contributed by atoms with E-state index in [4.69, 9.17) is 0 Å². The van der Waals surface area contributed by atoms with E-state index in [2.05, 4.69) is 49.4 Å². The zero-order valence-electron chi connectivity index (χ0n) is 9.88. The molecule has 0 radical (unpaired) electrons. The molecule has 0 saturated carbocycles. The molecule has 0 fully saturated rings. The Morgan fingerprint density at radius 2 is 2.20 bits per heavy atom. The van der Waals surface area contributed by atoms with Crippen molar-refractivity contribution in [2.75, 3.05) is 26.0 Å². The highest BCUT2D eigenvalue weighted by Crippen LogP contribution is 2.23. The summed E-state index contributed by atoms with van der Waals surface area (Å²) < 4.78 is 0. The second-order valence-corrected chi connectivity index (χ2v) is 4.69. The van der Waals surface area contributed by atoms with E-state index < -0.39 is 0 Å². The Hall–Kier alpha value is -1.02. The van der Waals surface area contributed by atoms with Crippen LogP contribution in [0.15, 0.2) is 18.2 Å². The molecule has 0 spiro atoms. The van der Waals surface area contributed by atoms with Gasteiger partial charge in [-0.25, -0.2) is 0 Å². The van der Waals surface area contributed by atoms with Gasteiger partial charge < -0.3 is 10.2 Å². The average Bonchev–Trinajstić information content (AvgIpc) is 2.64. The van der Waals surface area contributed by atoms with E-state index in [0.29, 0.717) is 6.04 Å². The SMILES string of the molecule is CC(Cc1ccc2c(c1)CCN2)N(C)C. The number of rotatable bonds is 3. The summed E-state index contributed by atoms with van der Waals surface area (Å²) in [5, 5.41) is 3.39. The molecule has 1 aliphatic heterocycles. The largest absolute Gasteiger partial charge is 0.384 e. The van der Waals surface area contributed by atoms with Crippen molar-refractivity contribution in [2.45, 2.75) is 25.8 Å². The summed E-state index contributed by atoms with van der Waals surface area (Å²) in [4.78, 5) is 2.27. The number of hydrogen-bond acceptors (Lipinski definition) is 2. The van der Waals surface area contributed by atoms with Gasteiger partial charge in [-0.2, -0.15) is 0 Å². The van der Waals surface area contributed by atoms with Gasteiger partial charge in [-0.1, -0.05) is 12.1 Å². The molecule has 15 heavy (non-hydrogen) atoms. The smallest absolute Gasteiger partial charge is 0.0373 e. The standard InChI is InChI=1S/C13H20N2/c1-10(15(2)3)8-11-4-5-13-12(9-11)6-7-14-13/h4-5,9-10,14H,6-8H2,1-3H3. The molecule has 2 nitrogen and oxygen atoms in total. The molecule has 82 valence electrons. The van der Waals surface area contributed by atoms with Crippen molar-refractivity contribution in [2.24, 2.45) is 0 Å². The quantitative estimate of drug-likeness (QED) is 0.811. The summed E-state index contributed by atoms with van der Waals surface area (Å²) >= 11 is 0. The highest BCUT2D eigenvalue weighted by atomic mass is 15.1. The van der Waals surface area contributed by atoms with Crippen LogP contribution in [0.25, 0.3) is 0 Å². The Balaban J connectivity index is 2.10. The molecule has 2 heteroatoms. The molecule has 1 unspecified atom stereocenters. The van der Waals surface area contributed by atoms with Gasteiger partial charge in [-0.3, -0.25) is 0 Å². The summed E-state index contributed by atoms with van der Waals surface area (Å²) in [7, 11) is 4.28. The van der Waals surface area contributed by atoms with Gasteiger partial charge in [0.1, 0.15) is 0 Å². The molecule has 2 rings (SSSR count). The average molecular weight is 204 g/mol. The minimum Gasteiger partial charge on any atom is -0.384 e. The first-order valence-corrected chi connectivity index (χ1v) is 5.69. The lowest BCUT2D eigenvalue weighted by molar-refractivity contribution is 0.312. The third-order valence-corrected chi connectivity index (χ3v) is 3.29. The van der Waals surface area contributed by atoms with Crippen molar-refractivity contribution in [3.63, 3.8) is 0 Å². The lowest BCUT2D eigenvalue weighted by Gasteiger charge is -2.19. The third kappa shape index (κ3) is 2.32. The maximum Gasteiger partial charge on any atom is 0.0373 e. The second-order valence-electron chi connectivity index (χ2n) is 4.69. The molecule has 1 aromatic rings. The van der Waals surface area contributed by atoms with E-state index in [9.17, 15) is 0 Å². The molecule has 0 saturated heterocycles. The Labute approximate surface area is 92.3 Å². The predicted molar refractivity (Wildman–Crippen MR) is 65.5 cm³/mol. The molecule has 0 aliphatic carbocycles. The fourth-order valence-corrected chi connectivity index (χ4v) is 2.01. The Bertz CT molecular complexity index is 344. The van der Waals surface area contributed by atoms with Gasteiger partial charge in [-0.05, 0) is 51.1 Å². The lowest BCUT2D eigenvalue weighted by Crippen LogP contribution is -2.26. The van der Waals surface area contributed by atoms with E-state index >= 15 is 0 Å². The molecule has 1 heterocycles. The van der Waals surface area contributed by atoms with Gasteiger partial charge in [0.2, 0.25) is 0 Å². The van der Waals surface area contributed by atoms with Crippen LogP contribution in [0.3, 0.4) is 0 Å². The van der Waals surface area contributed by atoms with Crippen molar-refractivity contribution in [3.05, 3.63) is 29.3 Å². The number of nitrogens with zero attached hydrogens (tertiary/aromatic N) is 1. The summed E-state index contributed by atoms with van der Waals surface area (Å²) in [6, 6.07) is 7.43. The van der Waals surface area contributed by atoms with Gasteiger partial charge in [-0.15, -0.1) is 0 Å². The van der Waals surface area contributed by atoms with Crippen LogP contribution in [0.4, 0.5) is 5.69 Å². The highest BCUT2D eigenvalue weighted by molar-refractivity contribution is 5.56. The molecule has 1 aliphatic rings. The van der Waals surface area contributed by atoms with Crippen molar-refractivity contribution in [1.29, 1.82) is 0 Å². The predicted octanol–water partition coefficient (Wildman–Crippen LogP) is 2.15. The number of nitrogens with one attached hydrogen (secondary N) is 1. The molecule has 0 bridgehead atoms. The first-order valence-electron chi connectivity index (χ1n) is 5.69. The number of hydrogen-bond donors (Lipinski definition) is 1. The molecule has 0 amide bonds. The van der Waals surface area contributed by atoms with E-state index in [1.54, 1.807) is 0 Å². The fraction of sp³-hybridized carbons (Fsp3) is 0.538. The van der Waals surface area contributed by atoms with Crippen molar-refractivity contribution >= 4 is 5.69 Å². The van der Waals surface area contributed by atoms with Crippen LogP contribution in [-0.2, 0) is 12.8 Å². The van der Waals surface area contributed by atoms with Gasteiger partial charge in [0.05, 0.1) is 0 Å². The Morgan fingerprint density at radius 1 is 1.40 bits per heavy atom. The number of benzene rings is 1. The molecule has 1 N–H and O–H groups in total. The van der Waals surface area contributed by atoms with Gasteiger partial charge in [0.15, 0.2) is 0 Å². The van der Waals surface area contributed by atoms with Crippen LogP contribution in [0.2, 0.25) is 0 Å². The second kappa shape index (κ2) is 4.23. The van der Waals surface area contributed by atoms with Crippen molar-refractivity contribution < 1.29 is 0 Å². The minimum atomic E-state index is 0.609. The zero-order chi connectivity index (χ0) is 10.8. The molecule has 0 aromatic heterocycles. The first-order chi connectivity index (χ1) is 7.16. The van der Waals surface area contributed by atoms with Crippen LogP contribution in [0, 0.1) is 0 Å². The summed E-state index contributed by atoms with van der Waals surface area (Å²) in [5.74, 6) is 0. The van der Waals surface area contributed by atoms with Crippen LogP contribution >= 0.6 is 0 Å². The van der Waals surface area contributed by atoms with Crippen LogP contribution in [0.1, 0.15) is 18.1 Å². The van der Waals surface area contributed by atoms with Gasteiger partial charge in [0.25, 0.3) is 0 Å². The molecular weight excluding hydrogens is 184 g/mol. The van der Waals surface area contributed by atoms with Crippen LogP contribution in [0.5, 0.6) is 0 Å². The summed E-state index contributed by atoms with van der Waals surface area (Å²) in [6.45, 7) is 3.37. The third-order valence-electron chi connectivity index (χ3n) is 3.29. The van der Waals surface area contributed by atoms with Gasteiger partial charge >= 0.3 is 0 Å². The van der Waals surface area contributed by atoms with E-state index in [1.165, 1.54) is 23.2 Å². The normalized spacial score (nSPS) is 16.3. The van der Waals surface area contributed by atoms with Crippen LogP contribution in [-0.4, -0.2) is 31.6 Å². The van der Waals surface area contributed by atoms with Gasteiger partial charge in [0, 0.05) is 18.3 Å². The van der Waals surface area contributed by atoms with E-state index in [1.807, 2.05) is 0 Å². The Kier molecular flexibility index (Phi) is 2.96. The molecule has 1 aromatic carbocycles. The number of anilines is 1. The summed E-state index contributed by atoms with van der Waals surface area (Å²) in [5.41, 5.74) is 4.27. The molecular formula is C13H20N2. The minimum absolute atomic E-state index is 0.609. The maximum atomic E-state index is 3.39. The fourth-order valence-electron chi connectivity index (χ4n) is 2.01. The number of fused-ring (bicyclic) bond motifs is 1. The highest BCUT2D eigenvalue weighted by Gasteiger charge is 2.11. The topological polar surface area (TPSA) is 15.3 Å². The van der Waals surface area contributed by atoms with E-state index in [-0.39, 0.29) is 0 Å².